The van der Waals surface area contributed by atoms with Gasteiger partial charge in [-0.2, -0.15) is 12.6 Å². The number of thiol groups is 1. The summed E-state index contributed by atoms with van der Waals surface area (Å²) in [5.41, 5.74) is 1.41. The van der Waals surface area contributed by atoms with E-state index in [2.05, 4.69) is 49.8 Å². The highest BCUT2D eigenvalue weighted by molar-refractivity contribution is 7.80. The molecule has 0 radical (unpaired) electrons. The van der Waals surface area contributed by atoms with Crippen LogP contribution >= 0.6 is 12.6 Å². The number of likely N-dealkylation sites (tertiary alicyclic amines) is 2. The Morgan fingerprint density at radius 2 is 1.52 bits per heavy atom. The van der Waals surface area contributed by atoms with Crippen LogP contribution in [0.2, 0.25) is 0 Å². The van der Waals surface area contributed by atoms with Crippen LogP contribution in [0.3, 0.4) is 0 Å². The molecule has 0 bridgehead atoms. The molecule has 0 aromatic heterocycles. The molecule has 23 heavy (non-hydrogen) atoms. The Labute approximate surface area is 150 Å². The van der Waals surface area contributed by atoms with Crippen LogP contribution in [-0.2, 0) is 0 Å². The van der Waals surface area contributed by atoms with Crippen LogP contribution in [0.1, 0.15) is 59.3 Å². The van der Waals surface area contributed by atoms with E-state index in [1.54, 1.807) is 0 Å². The van der Waals surface area contributed by atoms with Crippen LogP contribution in [0, 0.1) is 17.8 Å². The van der Waals surface area contributed by atoms with Gasteiger partial charge in [-0.1, -0.05) is 26.0 Å². The Morgan fingerprint density at radius 1 is 1.00 bits per heavy atom. The lowest BCUT2D eigenvalue weighted by Crippen LogP contribution is -2.39. The van der Waals surface area contributed by atoms with Crippen molar-refractivity contribution in [3.63, 3.8) is 0 Å². The zero-order valence-electron chi connectivity index (χ0n) is 15.6. The van der Waals surface area contributed by atoms with E-state index in [4.69, 9.17) is 0 Å². The van der Waals surface area contributed by atoms with Gasteiger partial charge in [0.2, 0.25) is 0 Å². The number of nitrogens with zero attached hydrogens (tertiary/aromatic N) is 2. The molecular weight excluding hydrogens is 300 g/mol. The summed E-state index contributed by atoms with van der Waals surface area (Å²) < 4.78 is 0. The molecule has 2 aliphatic heterocycles. The van der Waals surface area contributed by atoms with Crippen LogP contribution in [0.4, 0.5) is 0 Å². The second-order valence-corrected chi connectivity index (χ2v) is 8.94. The quantitative estimate of drug-likeness (QED) is 0.532. The van der Waals surface area contributed by atoms with Crippen molar-refractivity contribution in [1.29, 1.82) is 0 Å². The summed E-state index contributed by atoms with van der Waals surface area (Å²) in [6.45, 7) is 17.3. The second kappa shape index (κ2) is 9.48. The maximum Gasteiger partial charge on any atom is 0.0499 e. The molecule has 2 heterocycles. The van der Waals surface area contributed by atoms with Crippen LogP contribution in [0.5, 0.6) is 0 Å². The molecule has 0 aromatic carbocycles. The van der Waals surface area contributed by atoms with Gasteiger partial charge in [0.15, 0.2) is 0 Å². The third-order valence-corrected chi connectivity index (χ3v) is 6.44. The summed E-state index contributed by atoms with van der Waals surface area (Å²) in [5.74, 6) is 2.58. The lowest BCUT2D eigenvalue weighted by atomic mass is 9.82. The largest absolute Gasteiger partial charge is 0.303 e. The van der Waals surface area contributed by atoms with Gasteiger partial charge in [0.05, 0.1) is 0 Å². The van der Waals surface area contributed by atoms with Gasteiger partial charge in [0.1, 0.15) is 0 Å². The van der Waals surface area contributed by atoms with Crippen LogP contribution in [0.25, 0.3) is 0 Å². The standard InChI is InChI=1S/C20H38N2S/c1-16(2)17(3)5-10-21-11-6-19(7-12-21)15-20-8-13-22(14-9-20)18(4)23/h16,18-20,23H,3,5-15H2,1-2,4H3. The molecule has 0 aromatic rings. The third-order valence-electron chi connectivity index (χ3n) is 6.12. The Bertz CT molecular complexity index is 351. The Kier molecular flexibility index (Phi) is 7.97. The van der Waals surface area contributed by atoms with E-state index in [1.807, 2.05) is 0 Å². The van der Waals surface area contributed by atoms with E-state index >= 15 is 0 Å². The van der Waals surface area contributed by atoms with Crippen LogP contribution in [0.15, 0.2) is 12.2 Å². The monoisotopic (exact) mass is 338 g/mol. The van der Waals surface area contributed by atoms with Gasteiger partial charge in [0, 0.05) is 11.9 Å². The minimum absolute atomic E-state index is 0.430. The van der Waals surface area contributed by atoms with Crippen molar-refractivity contribution in [2.75, 3.05) is 32.7 Å². The second-order valence-electron chi connectivity index (χ2n) is 8.19. The smallest absolute Gasteiger partial charge is 0.0499 e. The molecule has 0 spiro atoms. The number of rotatable bonds is 7. The fourth-order valence-corrected chi connectivity index (χ4v) is 4.30. The summed E-state index contributed by atoms with van der Waals surface area (Å²) in [7, 11) is 0. The van der Waals surface area contributed by atoms with Crippen molar-refractivity contribution in [3.8, 4) is 0 Å². The van der Waals surface area contributed by atoms with Gasteiger partial charge in [-0.15, -0.1) is 0 Å². The molecule has 1 unspecified atom stereocenters. The van der Waals surface area contributed by atoms with E-state index < -0.39 is 0 Å². The maximum absolute atomic E-state index is 4.57. The zero-order chi connectivity index (χ0) is 16.8. The van der Waals surface area contributed by atoms with Gasteiger partial charge >= 0.3 is 0 Å². The SMILES string of the molecule is C=C(CCN1CCC(CC2CCN(C(C)S)CC2)CC1)C(C)C. The van der Waals surface area contributed by atoms with E-state index in [9.17, 15) is 0 Å². The molecule has 2 fully saturated rings. The summed E-state index contributed by atoms with van der Waals surface area (Å²) >= 11 is 4.57. The Hall–Kier alpha value is 0.0100. The average molecular weight is 339 g/mol. The van der Waals surface area contributed by atoms with Gasteiger partial charge in [-0.25, -0.2) is 0 Å². The van der Waals surface area contributed by atoms with E-state index in [0.29, 0.717) is 11.3 Å². The molecule has 2 aliphatic rings. The molecule has 0 aliphatic carbocycles. The highest BCUT2D eigenvalue weighted by atomic mass is 32.1. The summed E-state index contributed by atoms with van der Waals surface area (Å²) in [6.07, 6.45) is 8.26. The summed E-state index contributed by atoms with van der Waals surface area (Å²) in [6, 6.07) is 0. The van der Waals surface area contributed by atoms with E-state index in [-0.39, 0.29) is 0 Å². The lowest BCUT2D eigenvalue weighted by Gasteiger charge is -2.37. The Balaban J connectivity index is 1.61. The topological polar surface area (TPSA) is 6.48 Å². The number of piperidine rings is 2. The molecule has 1 atom stereocenters. The molecule has 0 saturated carbocycles. The maximum atomic E-state index is 4.57. The molecular formula is C20H38N2S. The Morgan fingerprint density at radius 3 is 2.00 bits per heavy atom. The van der Waals surface area contributed by atoms with Crippen molar-refractivity contribution < 1.29 is 0 Å². The molecule has 0 N–H and O–H groups in total. The number of hydrogen-bond acceptors (Lipinski definition) is 3. The first-order valence-electron chi connectivity index (χ1n) is 9.77. The molecule has 2 rings (SSSR count). The normalized spacial score (nSPS) is 24.2. The third kappa shape index (κ3) is 6.43. The van der Waals surface area contributed by atoms with Crippen molar-refractivity contribution in [2.45, 2.75) is 64.7 Å². The molecule has 134 valence electrons. The van der Waals surface area contributed by atoms with E-state index in [1.165, 1.54) is 76.8 Å². The lowest BCUT2D eigenvalue weighted by molar-refractivity contribution is 0.131. The fourth-order valence-electron chi connectivity index (χ4n) is 4.07. The highest BCUT2D eigenvalue weighted by Gasteiger charge is 2.26. The van der Waals surface area contributed by atoms with Gasteiger partial charge in [-0.3, -0.25) is 4.90 Å². The summed E-state index contributed by atoms with van der Waals surface area (Å²) in [4.78, 5) is 5.18. The number of hydrogen-bond donors (Lipinski definition) is 1. The molecule has 2 saturated heterocycles. The first kappa shape index (κ1) is 19.3. The van der Waals surface area contributed by atoms with Crippen molar-refractivity contribution in [1.82, 2.24) is 9.80 Å². The van der Waals surface area contributed by atoms with Gasteiger partial charge in [-0.05, 0) is 89.4 Å². The van der Waals surface area contributed by atoms with E-state index in [0.717, 1.165) is 11.8 Å². The van der Waals surface area contributed by atoms with Crippen molar-refractivity contribution in [3.05, 3.63) is 12.2 Å². The first-order valence-corrected chi connectivity index (χ1v) is 10.3. The summed E-state index contributed by atoms with van der Waals surface area (Å²) in [5, 5.41) is 0.430. The van der Waals surface area contributed by atoms with Gasteiger partial charge in [0.25, 0.3) is 0 Å². The fraction of sp³-hybridized carbons (Fsp3) is 0.900. The predicted octanol–water partition coefficient (Wildman–Crippen LogP) is 4.68. The van der Waals surface area contributed by atoms with Gasteiger partial charge < -0.3 is 4.90 Å². The predicted molar refractivity (Wildman–Crippen MR) is 105 cm³/mol. The molecule has 0 amide bonds. The van der Waals surface area contributed by atoms with Crippen LogP contribution < -0.4 is 0 Å². The zero-order valence-corrected chi connectivity index (χ0v) is 16.5. The van der Waals surface area contributed by atoms with Crippen molar-refractivity contribution >= 4 is 12.6 Å². The average Bonchev–Trinajstić information content (AvgIpc) is 2.54. The van der Waals surface area contributed by atoms with Crippen molar-refractivity contribution in [2.24, 2.45) is 17.8 Å². The minimum atomic E-state index is 0.430. The van der Waals surface area contributed by atoms with Crippen LogP contribution in [-0.4, -0.2) is 47.9 Å². The minimum Gasteiger partial charge on any atom is -0.303 e. The molecule has 3 heteroatoms. The highest BCUT2D eigenvalue weighted by Crippen LogP contribution is 2.30. The first-order chi connectivity index (χ1) is 11.0. The molecule has 2 nitrogen and oxygen atoms in total.